The molecule has 0 aliphatic carbocycles. The van der Waals surface area contributed by atoms with E-state index in [0.717, 1.165) is 43.5 Å². The van der Waals surface area contributed by atoms with Crippen LogP contribution in [-0.2, 0) is 10.7 Å². The molecule has 1 aromatic rings. The first kappa shape index (κ1) is 16.2. The lowest BCUT2D eigenvalue weighted by atomic mass is 9.99. The van der Waals surface area contributed by atoms with Gasteiger partial charge in [-0.25, -0.2) is 0 Å². The molecule has 0 N–H and O–H groups in total. The Labute approximate surface area is 115 Å². The van der Waals surface area contributed by atoms with E-state index in [1.807, 2.05) is 6.92 Å². The molecule has 0 unspecified atom stereocenters. The van der Waals surface area contributed by atoms with Gasteiger partial charge in [-0.2, -0.15) is 8.78 Å². The van der Waals surface area contributed by atoms with Crippen molar-refractivity contribution in [2.24, 2.45) is 0 Å². The highest BCUT2D eigenvalue weighted by molar-refractivity contribution is 5.86. The normalized spacial score (nSPS) is 11.3. The minimum atomic E-state index is -3.58. The maximum absolute atomic E-state index is 13.9. The summed E-state index contributed by atoms with van der Waals surface area (Å²) in [4.78, 5) is 21.3. The SMILES string of the molecule is CCCCCCC(=O)C(F)(F)c1ccc([N+](=O)[O-])cc1. The second-order valence-corrected chi connectivity index (χ2v) is 4.61. The molecule has 6 heteroatoms. The fraction of sp³-hybridized carbons (Fsp3) is 0.500. The molecule has 0 heterocycles. The molecule has 0 fully saturated rings. The second-order valence-electron chi connectivity index (χ2n) is 4.61. The summed E-state index contributed by atoms with van der Waals surface area (Å²) in [6, 6.07) is 3.82. The van der Waals surface area contributed by atoms with E-state index < -0.39 is 22.2 Å². The zero-order valence-corrected chi connectivity index (χ0v) is 11.3. The number of nitro groups is 1. The Bertz CT molecular complexity index is 472. The van der Waals surface area contributed by atoms with E-state index in [1.165, 1.54) is 0 Å². The summed E-state index contributed by atoms with van der Waals surface area (Å²) < 4.78 is 27.7. The number of rotatable bonds is 8. The minimum Gasteiger partial charge on any atom is -0.293 e. The van der Waals surface area contributed by atoms with E-state index in [9.17, 15) is 23.7 Å². The van der Waals surface area contributed by atoms with Crippen molar-refractivity contribution in [1.82, 2.24) is 0 Å². The molecule has 0 amide bonds. The van der Waals surface area contributed by atoms with Crippen LogP contribution in [0.1, 0.15) is 44.6 Å². The topological polar surface area (TPSA) is 60.2 Å². The van der Waals surface area contributed by atoms with E-state index in [0.29, 0.717) is 6.42 Å². The lowest BCUT2D eigenvalue weighted by molar-refractivity contribution is -0.384. The van der Waals surface area contributed by atoms with Crippen LogP contribution in [0.5, 0.6) is 0 Å². The number of ketones is 1. The molecular formula is C14H17F2NO3. The highest BCUT2D eigenvalue weighted by atomic mass is 19.3. The molecule has 0 saturated carbocycles. The number of nitrogens with zero attached hydrogens (tertiary/aromatic N) is 1. The van der Waals surface area contributed by atoms with Gasteiger partial charge in [0.25, 0.3) is 5.69 Å². The number of nitro benzene ring substituents is 1. The number of hydrogen-bond acceptors (Lipinski definition) is 3. The molecule has 0 bridgehead atoms. The number of carbonyl (C=O) groups is 1. The first-order chi connectivity index (χ1) is 9.39. The molecule has 110 valence electrons. The van der Waals surface area contributed by atoms with Crippen molar-refractivity contribution in [3.8, 4) is 0 Å². The van der Waals surface area contributed by atoms with Crippen LogP contribution in [0.25, 0.3) is 0 Å². The molecule has 0 atom stereocenters. The lowest BCUT2D eigenvalue weighted by Crippen LogP contribution is -2.25. The number of non-ortho nitro benzene ring substituents is 1. The van der Waals surface area contributed by atoms with Gasteiger partial charge in [0.15, 0.2) is 0 Å². The first-order valence-electron chi connectivity index (χ1n) is 6.55. The second kappa shape index (κ2) is 7.07. The summed E-state index contributed by atoms with van der Waals surface area (Å²) in [6.07, 6.45) is 2.89. The maximum atomic E-state index is 13.9. The van der Waals surface area contributed by atoms with E-state index in [2.05, 4.69) is 0 Å². The van der Waals surface area contributed by atoms with Crippen molar-refractivity contribution in [3.63, 3.8) is 0 Å². The van der Waals surface area contributed by atoms with E-state index in [1.54, 1.807) is 0 Å². The molecule has 0 aliphatic rings. The van der Waals surface area contributed by atoms with Crippen LogP contribution in [-0.4, -0.2) is 10.7 Å². The molecule has 4 nitrogen and oxygen atoms in total. The number of alkyl halides is 2. The van der Waals surface area contributed by atoms with Crippen LogP contribution >= 0.6 is 0 Å². The van der Waals surface area contributed by atoms with Crippen LogP contribution in [0.4, 0.5) is 14.5 Å². The molecule has 0 saturated heterocycles. The third-order valence-corrected chi connectivity index (χ3v) is 3.05. The van der Waals surface area contributed by atoms with Gasteiger partial charge >= 0.3 is 5.92 Å². The summed E-state index contributed by atoms with van der Waals surface area (Å²) in [5.41, 5.74) is -0.775. The van der Waals surface area contributed by atoms with Gasteiger partial charge in [-0.3, -0.25) is 14.9 Å². The van der Waals surface area contributed by atoms with Crippen molar-refractivity contribution in [1.29, 1.82) is 0 Å². The number of Topliss-reactive ketones (excluding diaryl/α,β-unsaturated/α-hetero) is 1. The van der Waals surface area contributed by atoms with E-state index in [4.69, 9.17) is 0 Å². The Hall–Kier alpha value is -1.85. The van der Waals surface area contributed by atoms with Crippen LogP contribution in [0.15, 0.2) is 24.3 Å². The van der Waals surface area contributed by atoms with Crippen molar-refractivity contribution >= 4 is 11.5 Å². The Balaban J connectivity index is 2.71. The van der Waals surface area contributed by atoms with Crippen molar-refractivity contribution < 1.29 is 18.5 Å². The van der Waals surface area contributed by atoms with Crippen LogP contribution in [0, 0.1) is 10.1 Å². The smallest absolute Gasteiger partial charge is 0.293 e. The number of halogens is 2. The van der Waals surface area contributed by atoms with E-state index in [-0.39, 0.29) is 12.1 Å². The van der Waals surface area contributed by atoms with Gasteiger partial charge in [0, 0.05) is 24.1 Å². The third-order valence-electron chi connectivity index (χ3n) is 3.05. The zero-order chi connectivity index (χ0) is 15.2. The Morgan fingerprint density at radius 2 is 1.80 bits per heavy atom. The zero-order valence-electron chi connectivity index (χ0n) is 11.3. The largest absolute Gasteiger partial charge is 0.330 e. The number of hydrogen-bond donors (Lipinski definition) is 0. The van der Waals surface area contributed by atoms with E-state index >= 15 is 0 Å². The molecule has 20 heavy (non-hydrogen) atoms. The highest BCUT2D eigenvalue weighted by Gasteiger charge is 2.39. The quantitative estimate of drug-likeness (QED) is 0.408. The van der Waals surface area contributed by atoms with Crippen LogP contribution in [0.2, 0.25) is 0 Å². The monoisotopic (exact) mass is 285 g/mol. The molecule has 0 aromatic heterocycles. The van der Waals surface area contributed by atoms with Crippen LogP contribution in [0.3, 0.4) is 0 Å². The number of benzene rings is 1. The minimum absolute atomic E-state index is 0.177. The molecular weight excluding hydrogens is 268 g/mol. The predicted molar refractivity (Wildman–Crippen MR) is 70.8 cm³/mol. The molecule has 1 aromatic carbocycles. The Morgan fingerprint density at radius 3 is 2.30 bits per heavy atom. The van der Waals surface area contributed by atoms with Crippen LogP contribution < -0.4 is 0 Å². The fourth-order valence-corrected chi connectivity index (χ4v) is 1.82. The van der Waals surface area contributed by atoms with Crippen molar-refractivity contribution in [2.45, 2.75) is 45.0 Å². The number of carbonyl (C=O) groups excluding carboxylic acids is 1. The lowest BCUT2D eigenvalue weighted by Gasteiger charge is -2.15. The van der Waals surface area contributed by atoms with Gasteiger partial charge in [-0.05, 0) is 18.6 Å². The summed E-state index contributed by atoms with van der Waals surface area (Å²) in [7, 11) is 0. The van der Waals surface area contributed by atoms with Gasteiger partial charge in [0.05, 0.1) is 4.92 Å². The fourth-order valence-electron chi connectivity index (χ4n) is 1.82. The average Bonchev–Trinajstić information content (AvgIpc) is 2.43. The van der Waals surface area contributed by atoms with Gasteiger partial charge in [0.2, 0.25) is 5.78 Å². The Kier molecular flexibility index (Phi) is 5.73. The molecule has 0 spiro atoms. The third kappa shape index (κ3) is 4.08. The van der Waals surface area contributed by atoms with Crippen molar-refractivity contribution in [2.75, 3.05) is 0 Å². The molecule has 1 rings (SSSR count). The summed E-state index contributed by atoms with van der Waals surface area (Å²) >= 11 is 0. The standard InChI is InChI=1S/C14H17F2NO3/c1-2-3-4-5-6-13(18)14(15,16)11-7-9-12(10-8-11)17(19)20/h7-10H,2-6H2,1H3. The highest BCUT2D eigenvalue weighted by Crippen LogP contribution is 2.32. The Morgan fingerprint density at radius 1 is 1.20 bits per heavy atom. The number of unbranched alkanes of at least 4 members (excludes halogenated alkanes) is 3. The average molecular weight is 285 g/mol. The summed E-state index contributed by atoms with van der Waals surface area (Å²) in [6.45, 7) is 1.99. The van der Waals surface area contributed by atoms with Gasteiger partial charge < -0.3 is 0 Å². The van der Waals surface area contributed by atoms with Gasteiger partial charge in [-0.15, -0.1) is 0 Å². The predicted octanol–water partition coefficient (Wildman–Crippen LogP) is 4.23. The van der Waals surface area contributed by atoms with Gasteiger partial charge in [0.1, 0.15) is 0 Å². The summed E-state index contributed by atoms with van der Waals surface area (Å²) in [5, 5.41) is 10.4. The summed E-state index contributed by atoms with van der Waals surface area (Å²) in [5.74, 6) is -4.72. The maximum Gasteiger partial charge on any atom is 0.330 e. The molecule has 0 aliphatic heterocycles. The van der Waals surface area contributed by atoms with Crippen molar-refractivity contribution in [3.05, 3.63) is 39.9 Å². The van der Waals surface area contributed by atoms with Gasteiger partial charge in [-0.1, -0.05) is 26.2 Å². The first-order valence-corrected chi connectivity index (χ1v) is 6.55. The molecule has 0 radical (unpaired) electrons.